The van der Waals surface area contributed by atoms with Gasteiger partial charge in [0.2, 0.25) is 5.78 Å². The summed E-state index contributed by atoms with van der Waals surface area (Å²) in [5, 5.41) is 10.8. The van der Waals surface area contributed by atoms with Crippen molar-refractivity contribution in [3.63, 3.8) is 0 Å². The Morgan fingerprint density at radius 2 is 1.65 bits per heavy atom. The normalized spacial score (nSPS) is 17.4. The summed E-state index contributed by atoms with van der Waals surface area (Å²) in [6.07, 6.45) is 5.46. The third kappa shape index (κ3) is 4.47. The molecule has 0 saturated carbocycles. The van der Waals surface area contributed by atoms with Crippen LogP contribution in [0.15, 0.2) is 84.6 Å². The van der Waals surface area contributed by atoms with Crippen molar-refractivity contribution < 1.29 is 14.6 Å². The molecule has 0 bridgehead atoms. The molecule has 1 N–H and O–H groups in total. The molecule has 3 aromatic rings. The van der Waals surface area contributed by atoms with E-state index in [0.717, 1.165) is 37.3 Å². The van der Waals surface area contributed by atoms with Gasteiger partial charge in [-0.2, -0.15) is 0 Å². The zero-order valence-electron chi connectivity index (χ0n) is 19.3. The number of hydrogen-bond acceptors (Lipinski definition) is 5. The maximum Gasteiger partial charge on any atom is 0.232 e. The number of fused-ring (bicyclic) bond motifs is 1. The van der Waals surface area contributed by atoms with Crippen LogP contribution in [0.4, 0.5) is 5.69 Å². The number of rotatable bonds is 5. The number of allylic oxidation sites excluding steroid dienone is 3. The second-order valence-electron chi connectivity index (χ2n) is 8.73. The Labute approximate surface area is 200 Å². The Morgan fingerprint density at radius 1 is 0.971 bits per heavy atom. The average Bonchev–Trinajstić information content (AvgIpc) is 3.20. The molecule has 2 heterocycles. The summed E-state index contributed by atoms with van der Waals surface area (Å²) in [6, 6.07) is 22.0. The Hall–Kier alpha value is -3.83. The van der Waals surface area contributed by atoms with Gasteiger partial charge >= 0.3 is 0 Å². The molecule has 5 nitrogen and oxygen atoms in total. The van der Waals surface area contributed by atoms with Crippen molar-refractivity contribution in [2.45, 2.75) is 13.5 Å². The maximum atomic E-state index is 13.1. The number of ketones is 1. The lowest BCUT2D eigenvalue weighted by atomic mass is 9.99. The van der Waals surface area contributed by atoms with Gasteiger partial charge < -0.3 is 14.7 Å². The van der Waals surface area contributed by atoms with E-state index in [1.807, 2.05) is 55.5 Å². The average molecular weight is 453 g/mol. The van der Waals surface area contributed by atoms with Gasteiger partial charge in [0.25, 0.3) is 0 Å². The van der Waals surface area contributed by atoms with Gasteiger partial charge in [-0.1, -0.05) is 60.7 Å². The summed E-state index contributed by atoms with van der Waals surface area (Å²) < 4.78 is 6.05. The number of benzene rings is 3. The number of para-hydroxylation sites is 1. The number of ether oxygens (including phenoxy) is 1. The lowest BCUT2D eigenvalue weighted by Crippen LogP contribution is -2.46. The summed E-state index contributed by atoms with van der Waals surface area (Å²) in [7, 11) is 0. The minimum Gasteiger partial charge on any atom is -0.507 e. The number of carbonyl (C=O) groups is 1. The van der Waals surface area contributed by atoms with Crippen LogP contribution in [-0.2, 0) is 6.54 Å². The highest BCUT2D eigenvalue weighted by Crippen LogP contribution is 2.42. The van der Waals surface area contributed by atoms with Gasteiger partial charge in [0.1, 0.15) is 11.5 Å². The molecule has 0 atom stereocenters. The smallest absolute Gasteiger partial charge is 0.232 e. The lowest BCUT2D eigenvalue weighted by molar-refractivity contribution is 0.101. The Kier molecular flexibility index (Phi) is 6.19. The van der Waals surface area contributed by atoms with Crippen molar-refractivity contribution in [2.75, 3.05) is 31.1 Å². The number of Topliss-reactive ketones (excluding diaryl/α,β-unsaturated/α-hetero) is 1. The first kappa shape index (κ1) is 22.0. The highest BCUT2D eigenvalue weighted by atomic mass is 16.5. The predicted molar refractivity (Wildman–Crippen MR) is 135 cm³/mol. The molecule has 1 fully saturated rings. The van der Waals surface area contributed by atoms with Gasteiger partial charge in [-0.15, -0.1) is 0 Å². The number of phenols is 1. The van der Waals surface area contributed by atoms with E-state index in [1.54, 1.807) is 12.1 Å². The molecule has 172 valence electrons. The highest BCUT2D eigenvalue weighted by Gasteiger charge is 2.33. The molecular weight excluding hydrogens is 424 g/mol. The number of phenolic OH excluding ortho intramolecular Hbond substituents is 1. The topological polar surface area (TPSA) is 53.0 Å². The number of anilines is 1. The van der Waals surface area contributed by atoms with Gasteiger partial charge in [0.05, 0.1) is 11.1 Å². The minimum atomic E-state index is -0.139. The number of piperazine rings is 1. The fourth-order valence-electron chi connectivity index (χ4n) is 4.58. The fraction of sp³-hybridized carbons (Fsp3) is 0.207. The van der Waals surface area contributed by atoms with Gasteiger partial charge in [-0.3, -0.25) is 9.69 Å². The summed E-state index contributed by atoms with van der Waals surface area (Å²) >= 11 is 0. The minimum absolute atomic E-state index is 0.139. The molecule has 0 amide bonds. The first-order valence-electron chi connectivity index (χ1n) is 11.6. The maximum absolute atomic E-state index is 13.1. The monoisotopic (exact) mass is 452 g/mol. The highest BCUT2D eigenvalue weighted by molar-refractivity contribution is 6.14. The number of aryl methyl sites for hydroxylation is 1. The van der Waals surface area contributed by atoms with Crippen molar-refractivity contribution >= 4 is 17.5 Å². The molecule has 0 spiro atoms. The van der Waals surface area contributed by atoms with Crippen LogP contribution in [0.1, 0.15) is 27.0 Å². The third-order valence-corrected chi connectivity index (χ3v) is 6.43. The molecule has 5 rings (SSSR count). The molecule has 2 aliphatic rings. The van der Waals surface area contributed by atoms with E-state index >= 15 is 0 Å². The fourth-order valence-corrected chi connectivity index (χ4v) is 4.58. The quantitative estimate of drug-likeness (QED) is 0.540. The SMILES string of the molecule is Cc1cc(O)c(CN2CCN(c3ccccc3)CC2)c2c1C(=O)/C(=C/C=C/c1ccccc1)O2. The second kappa shape index (κ2) is 9.57. The zero-order chi connectivity index (χ0) is 23.5. The van der Waals surface area contributed by atoms with E-state index in [4.69, 9.17) is 4.74 Å². The molecule has 2 aliphatic heterocycles. The van der Waals surface area contributed by atoms with Crippen LogP contribution in [-0.4, -0.2) is 42.0 Å². The first-order valence-corrected chi connectivity index (χ1v) is 11.6. The van der Waals surface area contributed by atoms with Crippen molar-refractivity contribution in [2.24, 2.45) is 0 Å². The summed E-state index contributed by atoms with van der Waals surface area (Å²) in [5.74, 6) is 0.814. The van der Waals surface area contributed by atoms with Crippen molar-refractivity contribution in [1.29, 1.82) is 0 Å². The molecular formula is C29H28N2O3. The third-order valence-electron chi connectivity index (χ3n) is 6.43. The molecule has 34 heavy (non-hydrogen) atoms. The van der Waals surface area contributed by atoms with Crippen LogP contribution in [0, 0.1) is 6.92 Å². The molecule has 0 aliphatic carbocycles. The van der Waals surface area contributed by atoms with Crippen LogP contribution in [0.3, 0.4) is 0 Å². The molecule has 0 aromatic heterocycles. The molecule has 1 saturated heterocycles. The number of hydrogen-bond donors (Lipinski definition) is 1. The molecule has 0 unspecified atom stereocenters. The molecule has 0 radical (unpaired) electrons. The lowest BCUT2D eigenvalue weighted by Gasteiger charge is -2.36. The van der Waals surface area contributed by atoms with Crippen molar-refractivity contribution in [3.05, 3.63) is 107 Å². The van der Waals surface area contributed by atoms with Gasteiger partial charge in [0, 0.05) is 38.4 Å². The van der Waals surface area contributed by atoms with E-state index in [9.17, 15) is 9.90 Å². The van der Waals surface area contributed by atoms with Gasteiger partial charge in [-0.25, -0.2) is 0 Å². The largest absolute Gasteiger partial charge is 0.507 e. The van der Waals surface area contributed by atoms with Gasteiger partial charge in [-0.05, 0) is 42.3 Å². The molecule has 3 aromatic carbocycles. The standard InChI is InChI=1S/C29H28N2O3/c1-21-19-25(32)24(20-30-15-17-31(18-16-30)23-12-6-3-7-13-23)29-27(21)28(33)26(34-29)14-8-11-22-9-4-2-5-10-22/h2-14,19,32H,15-18,20H2,1H3/b11-8+,26-14-. The van der Waals surface area contributed by atoms with Gasteiger partial charge in [0.15, 0.2) is 5.76 Å². The Bertz CT molecular complexity index is 1240. The summed E-state index contributed by atoms with van der Waals surface area (Å²) in [6.45, 7) is 5.94. The van der Waals surface area contributed by atoms with Crippen LogP contribution >= 0.6 is 0 Å². The van der Waals surface area contributed by atoms with E-state index in [-0.39, 0.29) is 17.3 Å². The Balaban J connectivity index is 1.33. The van der Waals surface area contributed by atoms with E-state index in [1.165, 1.54) is 5.69 Å². The van der Waals surface area contributed by atoms with E-state index in [2.05, 4.69) is 34.1 Å². The summed E-state index contributed by atoms with van der Waals surface area (Å²) in [5.41, 5.74) is 4.23. The second-order valence-corrected chi connectivity index (χ2v) is 8.73. The number of carbonyl (C=O) groups excluding carboxylic acids is 1. The predicted octanol–water partition coefficient (Wildman–Crippen LogP) is 5.20. The van der Waals surface area contributed by atoms with Crippen molar-refractivity contribution in [1.82, 2.24) is 4.90 Å². The van der Waals surface area contributed by atoms with Crippen molar-refractivity contribution in [3.8, 4) is 11.5 Å². The molecule has 5 heteroatoms. The Morgan fingerprint density at radius 3 is 2.35 bits per heavy atom. The number of nitrogens with zero attached hydrogens (tertiary/aromatic N) is 2. The van der Waals surface area contributed by atoms with Crippen LogP contribution in [0.2, 0.25) is 0 Å². The van der Waals surface area contributed by atoms with Crippen LogP contribution in [0.25, 0.3) is 6.08 Å². The van der Waals surface area contributed by atoms with Crippen LogP contribution < -0.4 is 9.64 Å². The summed E-state index contributed by atoms with van der Waals surface area (Å²) in [4.78, 5) is 17.8. The zero-order valence-corrected chi connectivity index (χ0v) is 19.3. The van der Waals surface area contributed by atoms with E-state index in [0.29, 0.717) is 23.4 Å². The van der Waals surface area contributed by atoms with Crippen LogP contribution in [0.5, 0.6) is 11.5 Å². The number of aromatic hydroxyl groups is 1. The first-order chi connectivity index (χ1) is 16.6. The van der Waals surface area contributed by atoms with E-state index < -0.39 is 0 Å².